The maximum atomic E-state index is 12.1. The average Bonchev–Trinajstić information content (AvgIpc) is 2.62. The van der Waals surface area contributed by atoms with E-state index in [0.29, 0.717) is 12.1 Å². The Balaban J connectivity index is 1.93. The lowest BCUT2D eigenvalue weighted by atomic mass is 10.2. The lowest BCUT2D eigenvalue weighted by molar-refractivity contribution is -0.116. The molecular weight excluding hydrogens is 368 g/mol. The molecule has 2 rings (SSSR count). The molecule has 0 saturated heterocycles. The van der Waals surface area contributed by atoms with E-state index < -0.39 is 5.97 Å². The molecule has 0 spiro atoms. The zero-order valence-corrected chi connectivity index (χ0v) is 15.5. The van der Waals surface area contributed by atoms with Crippen LogP contribution in [0, 0.1) is 0 Å². The number of hydrogen-bond acceptors (Lipinski definition) is 5. The van der Waals surface area contributed by atoms with E-state index in [1.54, 1.807) is 18.2 Å². The molecule has 0 fully saturated rings. The van der Waals surface area contributed by atoms with E-state index in [4.69, 9.17) is 5.11 Å². The highest BCUT2D eigenvalue weighted by molar-refractivity contribution is 8.00. The lowest BCUT2D eigenvalue weighted by Crippen LogP contribution is -2.14. The molecular formula is C19H20N2O5S. The maximum absolute atomic E-state index is 12.1. The van der Waals surface area contributed by atoms with E-state index in [1.165, 1.54) is 30.0 Å². The standard InChI is InChI=1S/C19H20N2O5S/c1-2-4-17(23)20-12-5-3-6-14(9-12)27-11-18(24)21-13-7-8-16(22)15(10-13)19(25)26/h3,5-10,22H,2,4,11H2,1H3,(H,20,23)(H,21,24)(H,25,26). The van der Waals surface area contributed by atoms with E-state index in [-0.39, 0.29) is 34.6 Å². The molecule has 142 valence electrons. The molecule has 0 radical (unpaired) electrons. The number of rotatable bonds is 8. The van der Waals surface area contributed by atoms with Gasteiger partial charge in [0, 0.05) is 22.7 Å². The Bertz CT molecular complexity index is 854. The monoisotopic (exact) mass is 388 g/mol. The molecule has 7 nitrogen and oxygen atoms in total. The first-order valence-corrected chi connectivity index (χ1v) is 9.26. The van der Waals surface area contributed by atoms with Crippen LogP contribution in [0.2, 0.25) is 0 Å². The molecule has 2 aromatic rings. The second-order valence-corrected chi connectivity index (χ2v) is 6.75. The molecule has 0 aliphatic rings. The van der Waals surface area contributed by atoms with E-state index >= 15 is 0 Å². The van der Waals surface area contributed by atoms with E-state index in [1.807, 2.05) is 13.0 Å². The second kappa shape index (κ2) is 9.63. The van der Waals surface area contributed by atoms with Crippen LogP contribution in [-0.2, 0) is 9.59 Å². The van der Waals surface area contributed by atoms with E-state index in [2.05, 4.69) is 10.6 Å². The molecule has 0 atom stereocenters. The molecule has 4 N–H and O–H groups in total. The Morgan fingerprint density at radius 1 is 1.00 bits per heavy atom. The van der Waals surface area contributed by atoms with Crippen molar-refractivity contribution in [2.45, 2.75) is 24.7 Å². The summed E-state index contributed by atoms with van der Waals surface area (Å²) < 4.78 is 0. The first-order valence-electron chi connectivity index (χ1n) is 8.28. The second-order valence-electron chi connectivity index (χ2n) is 5.70. The molecule has 27 heavy (non-hydrogen) atoms. The number of phenols is 1. The third-order valence-electron chi connectivity index (χ3n) is 3.48. The van der Waals surface area contributed by atoms with Crippen LogP contribution in [0.15, 0.2) is 47.4 Å². The fraction of sp³-hybridized carbons (Fsp3) is 0.211. The fourth-order valence-electron chi connectivity index (χ4n) is 2.25. The summed E-state index contributed by atoms with van der Waals surface area (Å²) in [5.74, 6) is -1.91. The highest BCUT2D eigenvalue weighted by atomic mass is 32.2. The van der Waals surface area contributed by atoms with Gasteiger partial charge in [-0.25, -0.2) is 4.79 Å². The van der Waals surface area contributed by atoms with Crippen molar-refractivity contribution in [3.8, 4) is 5.75 Å². The summed E-state index contributed by atoms with van der Waals surface area (Å²) in [6, 6.07) is 11.0. The Labute approximate surface area is 160 Å². The number of amides is 2. The quantitative estimate of drug-likeness (QED) is 0.406. The molecule has 0 unspecified atom stereocenters. The maximum Gasteiger partial charge on any atom is 0.339 e. The van der Waals surface area contributed by atoms with Crippen molar-refractivity contribution in [2.24, 2.45) is 0 Å². The van der Waals surface area contributed by atoms with Crippen LogP contribution in [0.4, 0.5) is 11.4 Å². The summed E-state index contributed by atoms with van der Waals surface area (Å²) in [4.78, 5) is 35.6. The molecule has 0 bridgehead atoms. The Kier molecular flexibility index (Phi) is 7.25. The van der Waals surface area contributed by atoms with Crippen LogP contribution in [0.25, 0.3) is 0 Å². The summed E-state index contributed by atoms with van der Waals surface area (Å²) >= 11 is 1.29. The van der Waals surface area contributed by atoms with Gasteiger partial charge in [-0.2, -0.15) is 0 Å². The highest BCUT2D eigenvalue weighted by Gasteiger charge is 2.12. The van der Waals surface area contributed by atoms with Gasteiger partial charge in [0.25, 0.3) is 0 Å². The average molecular weight is 388 g/mol. The highest BCUT2D eigenvalue weighted by Crippen LogP contribution is 2.24. The lowest BCUT2D eigenvalue weighted by Gasteiger charge is -2.08. The number of aromatic carboxylic acids is 1. The van der Waals surface area contributed by atoms with Gasteiger partial charge in [-0.3, -0.25) is 9.59 Å². The third-order valence-corrected chi connectivity index (χ3v) is 4.47. The van der Waals surface area contributed by atoms with Gasteiger partial charge in [0.1, 0.15) is 11.3 Å². The zero-order valence-electron chi connectivity index (χ0n) is 14.7. The van der Waals surface area contributed by atoms with Crippen LogP contribution in [0.5, 0.6) is 5.75 Å². The number of anilines is 2. The number of carboxylic acid groups (broad SMARTS) is 1. The van der Waals surface area contributed by atoms with Gasteiger partial charge in [-0.15, -0.1) is 11.8 Å². The minimum Gasteiger partial charge on any atom is -0.507 e. The zero-order chi connectivity index (χ0) is 19.8. The van der Waals surface area contributed by atoms with E-state index in [9.17, 15) is 19.5 Å². The predicted molar refractivity (Wildman–Crippen MR) is 104 cm³/mol. The number of carbonyl (C=O) groups is 3. The number of benzene rings is 2. The number of carboxylic acids is 1. The van der Waals surface area contributed by atoms with Crippen molar-refractivity contribution < 1.29 is 24.6 Å². The summed E-state index contributed by atoms with van der Waals surface area (Å²) in [5, 5.41) is 23.9. The molecule has 0 saturated carbocycles. The van der Waals surface area contributed by atoms with Gasteiger partial charge >= 0.3 is 5.97 Å². The number of thioether (sulfide) groups is 1. The van der Waals surface area contributed by atoms with Crippen molar-refractivity contribution >= 4 is 40.9 Å². The number of carbonyl (C=O) groups excluding carboxylic acids is 2. The van der Waals surface area contributed by atoms with E-state index in [0.717, 1.165) is 11.3 Å². The number of hydrogen-bond donors (Lipinski definition) is 4. The van der Waals surface area contributed by atoms with Crippen molar-refractivity contribution in [1.82, 2.24) is 0 Å². The summed E-state index contributed by atoms with van der Waals surface area (Å²) in [6.07, 6.45) is 1.21. The van der Waals surface area contributed by atoms with Gasteiger partial charge in [0.15, 0.2) is 0 Å². The van der Waals surface area contributed by atoms with Gasteiger partial charge in [0.05, 0.1) is 5.75 Å². The minimum atomic E-state index is -1.28. The molecule has 2 aromatic carbocycles. The summed E-state index contributed by atoms with van der Waals surface area (Å²) in [5.41, 5.74) is 0.677. The smallest absolute Gasteiger partial charge is 0.339 e. The van der Waals surface area contributed by atoms with Crippen LogP contribution in [0.3, 0.4) is 0 Å². The third kappa shape index (κ3) is 6.34. The van der Waals surface area contributed by atoms with Gasteiger partial charge < -0.3 is 20.8 Å². The Hall–Kier alpha value is -3.00. The van der Waals surface area contributed by atoms with Crippen molar-refractivity contribution in [1.29, 1.82) is 0 Å². The molecule has 2 amide bonds. The topological polar surface area (TPSA) is 116 Å². The SMILES string of the molecule is CCCC(=O)Nc1cccc(SCC(=O)Nc2ccc(O)c(C(=O)O)c2)c1. The van der Waals surface area contributed by atoms with Crippen molar-refractivity contribution in [3.05, 3.63) is 48.0 Å². The first-order chi connectivity index (χ1) is 12.9. The number of nitrogens with one attached hydrogen (secondary N) is 2. The normalized spacial score (nSPS) is 10.3. The fourth-order valence-corrected chi connectivity index (χ4v) is 3.00. The first kappa shape index (κ1) is 20.3. The summed E-state index contributed by atoms with van der Waals surface area (Å²) in [6.45, 7) is 1.93. The Morgan fingerprint density at radius 2 is 1.70 bits per heavy atom. The Morgan fingerprint density at radius 3 is 2.41 bits per heavy atom. The van der Waals surface area contributed by atoms with Crippen LogP contribution in [-0.4, -0.2) is 33.7 Å². The van der Waals surface area contributed by atoms with Gasteiger partial charge in [-0.05, 0) is 42.8 Å². The largest absolute Gasteiger partial charge is 0.507 e. The minimum absolute atomic E-state index is 0.0565. The molecule has 0 heterocycles. The number of aromatic hydroxyl groups is 1. The van der Waals surface area contributed by atoms with Gasteiger partial charge in [-0.1, -0.05) is 13.0 Å². The van der Waals surface area contributed by atoms with Crippen LogP contribution < -0.4 is 10.6 Å². The van der Waals surface area contributed by atoms with Crippen molar-refractivity contribution in [2.75, 3.05) is 16.4 Å². The van der Waals surface area contributed by atoms with Gasteiger partial charge in [0.2, 0.25) is 11.8 Å². The molecule has 0 aromatic heterocycles. The van der Waals surface area contributed by atoms with Crippen molar-refractivity contribution in [3.63, 3.8) is 0 Å². The summed E-state index contributed by atoms with van der Waals surface area (Å²) in [7, 11) is 0. The van der Waals surface area contributed by atoms with Crippen LogP contribution in [0.1, 0.15) is 30.1 Å². The molecule has 0 aliphatic carbocycles. The molecule has 0 aliphatic heterocycles. The molecule has 8 heteroatoms. The van der Waals surface area contributed by atoms with Crippen LogP contribution >= 0.6 is 11.8 Å². The predicted octanol–water partition coefficient (Wildman–Crippen LogP) is 3.56.